The molecule has 2 aromatic rings. The molecule has 0 aliphatic carbocycles. The van der Waals surface area contributed by atoms with Crippen molar-refractivity contribution in [1.82, 2.24) is 9.55 Å². The normalized spacial score (nSPS) is 11.9. The zero-order chi connectivity index (χ0) is 14.8. The third-order valence-electron chi connectivity index (χ3n) is 2.81. The molecule has 0 saturated heterocycles. The Balaban J connectivity index is 2.74. The van der Waals surface area contributed by atoms with Crippen LogP contribution in [0.1, 0.15) is 13.8 Å². The maximum atomic E-state index is 12.8. The minimum absolute atomic E-state index is 0.0456. The van der Waals surface area contributed by atoms with Crippen LogP contribution in [0.15, 0.2) is 29.3 Å². The molecular weight excluding hydrogens is 279 g/mol. The van der Waals surface area contributed by atoms with E-state index in [1.54, 1.807) is 43.8 Å². The molecule has 0 bridgehead atoms. The van der Waals surface area contributed by atoms with Gasteiger partial charge in [-0.1, -0.05) is 0 Å². The fraction of sp³-hybridized carbons (Fsp3) is 0.385. The van der Waals surface area contributed by atoms with E-state index in [-0.39, 0.29) is 23.9 Å². The van der Waals surface area contributed by atoms with Crippen molar-refractivity contribution in [3.05, 3.63) is 34.7 Å². The van der Waals surface area contributed by atoms with Gasteiger partial charge in [0.1, 0.15) is 11.0 Å². The molecule has 20 heavy (non-hydrogen) atoms. The molecule has 0 radical (unpaired) electrons. The molecule has 2 aromatic heterocycles. The van der Waals surface area contributed by atoms with Crippen LogP contribution < -0.4 is 10.7 Å². The Morgan fingerprint density at radius 3 is 2.55 bits per heavy atom. The van der Waals surface area contributed by atoms with Gasteiger partial charge >= 0.3 is 7.60 Å². The van der Waals surface area contributed by atoms with Crippen LogP contribution in [0.4, 0.5) is 0 Å². The smallest absolute Gasteiger partial charge is 0.334 e. The third kappa shape index (κ3) is 2.54. The predicted octanol–water partition coefficient (Wildman–Crippen LogP) is 1.82. The van der Waals surface area contributed by atoms with Crippen molar-refractivity contribution < 1.29 is 13.6 Å². The van der Waals surface area contributed by atoms with Gasteiger partial charge in [-0.3, -0.25) is 9.36 Å². The van der Waals surface area contributed by atoms with E-state index in [9.17, 15) is 9.36 Å². The minimum atomic E-state index is -3.60. The van der Waals surface area contributed by atoms with Crippen LogP contribution in [0.3, 0.4) is 0 Å². The fourth-order valence-electron chi connectivity index (χ4n) is 2.01. The maximum Gasteiger partial charge on any atom is 0.366 e. The number of aryl methyl sites for hydroxylation is 1. The van der Waals surface area contributed by atoms with Crippen molar-refractivity contribution in [1.29, 1.82) is 0 Å². The van der Waals surface area contributed by atoms with Gasteiger partial charge in [0, 0.05) is 19.4 Å². The molecule has 0 N–H and O–H groups in total. The van der Waals surface area contributed by atoms with Gasteiger partial charge in [0.2, 0.25) is 5.43 Å². The Labute approximate surface area is 116 Å². The summed E-state index contributed by atoms with van der Waals surface area (Å²) >= 11 is 0. The molecule has 108 valence electrons. The molecule has 2 rings (SSSR count). The summed E-state index contributed by atoms with van der Waals surface area (Å²) in [6, 6.07) is 3.32. The predicted molar refractivity (Wildman–Crippen MR) is 77.5 cm³/mol. The average molecular weight is 296 g/mol. The monoisotopic (exact) mass is 296 g/mol. The molecule has 6 nitrogen and oxygen atoms in total. The van der Waals surface area contributed by atoms with Gasteiger partial charge in [0.05, 0.1) is 18.6 Å². The van der Waals surface area contributed by atoms with Crippen LogP contribution in [0, 0.1) is 0 Å². The van der Waals surface area contributed by atoms with Crippen molar-refractivity contribution in [3.8, 4) is 0 Å². The highest BCUT2D eigenvalue weighted by atomic mass is 31.2. The number of rotatable bonds is 5. The molecule has 0 aromatic carbocycles. The lowest BCUT2D eigenvalue weighted by Gasteiger charge is -2.17. The first-order chi connectivity index (χ1) is 9.53. The first-order valence-electron chi connectivity index (χ1n) is 6.37. The van der Waals surface area contributed by atoms with Crippen molar-refractivity contribution in [2.75, 3.05) is 13.2 Å². The van der Waals surface area contributed by atoms with E-state index in [1.165, 1.54) is 6.20 Å². The van der Waals surface area contributed by atoms with E-state index in [1.807, 2.05) is 0 Å². The van der Waals surface area contributed by atoms with Gasteiger partial charge in [-0.2, -0.15) is 0 Å². The summed E-state index contributed by atoms with van der Waals surface area (Å²) in [7, 11) is -1.87. The van der Waals surface area contributed by atoms with Gasteiger partial charge in [0.15, 0.2) is 0 Å². The van der Waals surface area contributed by atoms with E-state index in [4.69, 9.17) is 9.05 Å². The summed E-state index contributed by atoms with van der Waals surface area (Å²) in [4.78, 5) is 16.6. The van der Waals surface area contributed by atoms with E-state index >= 15 is 0 Å². The van der Waals surface area contributed by atoms with Gasteiger partial charge < -0.3 is 13.6 Å². The second-order valence-electron chi connectivity index (χ2n) is 4.16. The van der Waals surface area contributed by atoms with E-state index < -0.39 is 7.60 Å². The third-order valence-corrected chi connectivity index (χ3v) is 4.91. The van der Waals surface area contributed by atoms with E-state index in [0.717, 1.165) is 0 Å². The Bertz CT molecular complexity index is 716. The van der Waals surface area contributed by atoms with Gasteiger partial charge in [-0.25, -0.2) is 4.98 Å². The molecule has 0 aliphatic rings. The summed E-state index contributed by atoms with van der Waals surface area (Å²) in [6.07, 6.45) is 3.08. The number of aromatic nitrogens is 2. The number of pyridine rings is 2. The lowest BCUT2D eigenvalue weighted by molar-refractivity contribution is 0.229. The molecule has 0 unspecified atom stereocenters. The Morgan fingerprint density at radius 2 is 1.95 bits per heavy atom. The van der Waals surface area contributed by atoms with Gasteiger partial charge in [-0.15, -0.1) is 0 Å². The number of fused-ring (bicyclic) bond motifs is 1. The molecule has 0 spiro atoms. The van der Waals surface area contributed by atoms with Gasteiger partial charge in [-0.05, 0) is 26.0 Å². The number of hydrogen-bond acceptors (Lipinski definition) is 5. The van der Waals surface area contributed by atoms with Crippen molar-refractivity contribution >= 4 is 23.9 Å². The number of hydrogen-bond donors (Lipinski definition) is 0. The molecule has 0 saturated carbocycles. The van der Waals surface area contributed by atoms with Crippen LogP contribution in [0.2, 0.25) is 0 Å². The number of nitrogens with zero attached hydrogens (tertiary/aromatic N) is 2. The summed E-state index contributed by atoms with van der Waals surface area (Å²) in [5.41, 5.74) is 0.164. The zero-order valence-electron chi connectivity index (χ0n) is 11.7. The highest BCUT2D eigenvalue weighted by molar-refractivity contribution is 7.62. The SMILES string of the molecule is CCOP(=O)(OCC)c1cn(C)c2ncccc2c1=O. The highest BCUT2D eigenvalue weighted by Crippen LogP contribution is 2.45. The van der Waals surface area contributed by atoms with Crippen LogP contribution in [0.25, 0.3) is 11.0 Å². The molecule has 0 fully saturated rings. The molecule has 2 heterocycles. The average Bonchev–Trinajstić information content (AvgIpc) is 2.43. The first kappa shape index (κ1) is 14.9. The van der Waals surface area contributed by atoms with Crippen LogP contribution >= 0.6 is 7.60 Å². The second kappa shape index (κ2) is 5.87. The maximum absolute atomic E-state index is 12.8. The van der Waals surface area contributed by atoms with Crippen molar-refractivity contribution in [2.24, 2.45) is 7.05 Å². The van der Waals surface area contributed by atoms with Crippen LogP contribution in [-0.2, 0) is 20.7 Å². The Hall–Kier alpha value is -1.49. The topological polar surface area (TPSA) is 70.4 Å². The lowest BCUT2D eigenvalue weighted by atomic mass is 10.3. The fourth-order valence-corrected chi connectivity index (χ4v) is 3.72. The second-order valence-corrected chi connectivity index (χ2v) is 6.16. The summed E-state index contributed by atoms with van der Waals surface area (Å²) in [5, 5.41) is 0.441. The van der Waals surface area contributed by atoms with Crippen LogP contribution in [-0.4, -0.2) is 22.8 Å². The highest BCUT2D eigenvalue weighted by Gasteiger charge is 2.31. The Morgan fingerprint density at radius 1 is 1.30 bits per heavy atom. The summed E-state index contributed by atoms with van der Waals surface area (Å²) < 4.78 is 24.9. The lowest BCUT2D eigenvalue weighted by Crippen LogP contribution is -2.29. The molecule has 7 heteroatoms. The molecule has 0 atom stereocenters. The standard InChI is InChI=1S/C13H17N2O4P/c1-4-18-20(17,19-5-2)11-9-15(3)13-10(12(11)16)7-6-8-14-13/h6-9H,4-5H2,1-3H3. The zero-order valence-corrected chi connectivity index (χ0v) is 12.6. The molecular formula is C13H17N2O4P. The summed E-state index contributed by atoms with van der Waals surface area (Å²) in [5.74, 6) is 0. The molecule has 0 aliphatic heterocycles. The van der Waals surface area contributed by atoms with Crippen LogP contribution in [0.5, 0.6) is 0 Å². The first-order valence-corrected chi connectivity index (χ1v) is 7.91. The van der Waals surface area contributed by atoms with E-state index in [2.05, 4.69) is 4.98 Å². The quantitative estimate of drug-likeness (QED) is 0.787. The summed E-state index contributed by atoms with van der Waals surface area (Å²) in [6.45, 7) is 3.81. The van der Waals surface area contributed by atoms with E-state index in [0.29, 0.717) is 11.0 Å². The minimum Gasteiger partial charge on any atom is -0.334 e. The Kier molecular flexibility index (Phi) is 4.38. The largest absolute Gasteiger partial charge is 0.366 e. The van der Waals surface area contributed by atoms with Crippen molar-refractivity contribution in [3.63, 3.8) is 0 Å². The van der Waals surface area contributed by atoms with Crippen molar-refractivity contribution in [2.45, 2.75) is 13.8 Å². The van der Waals surface area contributed by atoms with Gasteiger partial charge in [0.25, 0.3) is 0 Å². The molecule has 0 amide bonds.